The summed E-state index contributed by atoms with van der Waals surface area (Å²) in [5.41, 5.74) is 4.14. The molecule has 0 spiro atoms. The molecular formula is C21H22BrN3O3. The van der Waals surface area contributed by atoms with Crippen molar-refractivity contribution in [3.05, 3.63) is 64.1 Å². The van der Waals surface area contributed by atoms with E-state index in [0.717, 1.165) is 15.8 Å². The molecule has 0 aromatic heterocycles. The molecule has 0 unspecified atom stereocenters. The highest BCUT2D eigenvalue weighted by atomic mass is 79.9. The Morgan fingerprint density at radius 2 is 1.75 bits per heavy atom. The van der Waals surface area contributed by atoms with Crippen LogP contribution in [0.5, 0.6) is 5.75 Å². The lowest BCUT2D eigenvalue weighted by Gasteiger charge is -2.31. The van der Waals surface area contributed by atoms with Crippen LogP contribution in [-0.2, 0) is 4.79 Å². The van der Waals surface area contributed by atoms with Crippen LogP contribution in [0.2, 0.25) is 0 Å². The summed E-state index contributed by atoms with van der Waals surface area (Å²) in [7, 11) is 1.59. The van der Waals surface area contributed by atoms with Gasteiger partial charge in [0.05, 0.1) is 13.3 Å². The van der Waals surface area contributed by atoms with E-state index in [2.05, 4.69) is 26.5 Å². The fourth-order valence-corrected chi connectivity index (χ4v) is 3.34. The standard InChI is InChI=1S/C21H22BrN3O3/c1-28-19-8-4-17(5-9-19)21(27)25-12-10-16(11-13-25)20(26)24-23-14-15-2-6-18(22)7-3-15/h2-9,14,16H,10-13H2,1H3,(H,24,26)/b23-14-. The predicted molar refractivity (Wildman–Crippen MR) is 112 cm³/mol. The number of nitrogens with one attached hydrogen (secondary N) is 1. The van der Waals surface area contributed by atoms with E-state index in [-0.39, 0.29) is 17.7 Å². The molecule has 1 aliphatic rings. The molecule has 7 heteroatoms. The van der Waals surface area contributed by atoms with Crippen molar-refractivity contribution in [2.45, 2.75) is 12.8 Å². The fourth-order valence-electron chi connectivity index (χ4n) is 3.07. The summed E-state index contributed by atoms with van der Waals surface area (Å²) < 4.78 is 6.11. The minimum atomic E-state index is -0.137. The third-order valence-corrected chi connectivity index (χ3v) is 5.28. The van der Waals surface area contributed by atoms with Crippen LogP contribution < -0.4 is 10.2 Å². The van der Waals surface area contributed by atoms with Gasteiger partial charge in [0.2, 0.25) is 5.91 Å². The number of rotatable bonds is 5. The first-order valence-corrected chi connectivity index (χ1v) is 9.88. The van der Waals surface area contributed by atoms with Crippen LogP contribution >= 0.6 is 15.9 Å². The molecule has 1 heterocycles. The zero-order valence-electron chi connectivity index (χ0n) is 15.6. The van der Waals surface area contributed by atoms with Gasteiger partial charge in [0.15, 0.2) is 0 Å². The molecule has 1 aliphatic heterocycles. The first-order valence-electron chi connectivity index (χ1n) is 9.08. The molecule has 0 aliphatic carbocycles. The Hall–Kier alpha value is -2.67. The number of carbonyl (C=O) groups is 2. The van der Waals surface area contributed by atoms with Crippen molar-refractivity contribution in [1.29, 1.82) is 0 Å². The smallest absolute Gasteiger partial charge is 0.253 e. The predicted octanol–water partition coefficient (Wildman–Crippen LogP) is 3.46. The van der Waals surface area contributed by atoms with Crippen molar-refractivity contribution in [2.24, 2.45) is 11.0 Å². The molecule has 2 aromatic rings. The molecule has 3 rings (SSSR count). The quantitative estimate of drug-likeness (QED) is 0.567. The van der Waals surface area contributed by atoms with Gasteiger partial charge in [-0.05, 0) is 54.8 Å². The normalized spacial score (nSPS) is 14.9. The van der Waals surface area contributed by atoms with E-state index in [4.69, 9.17) is 4.74 Å². The molecule has 2 aromatic carbocycles. The van der Waals surface area contributed by atoms with Crippen molar-refractivity contribution >= 4 is 34.0 Å². The molecule has 6 nitrogen and oxygen atoms in total. The van der Waals surface area contributed by atoms with Crippen molar-refractivity contribution < 1.29 is 14.3 Å². The monoisotopic (exact) mass is 443 g/mol. The van der Waals surface area contributed by atoms with Crippen LogP contribution in [-0.4, -0.2) is 43.1 Å². The van der Waals surface area contributed by atoms with Gasteiger partial charge in [0, 0.05) is 29.0 Å². The van der Waals surface area contributed by atoms with Gasteiger partial charge in [-0.15, -0.1) is 0 Å². The average Bonchev–Trinajstić information content (AvgIpc) is 2.74. The molecular weight excluding hydrogens is 422 g/mol. The number of hydrazone groups is 1. The second kappa shape index (κ2) is 9.50. The Labute approximate surface area is 172 Å². The summed E-state index contributed by atoms with van der Waals surface area (Å²) in [5, 5.41) is 4.03. The number of hydrogen-bond acceptors (Lipinski definition) is 4. The van der Waals surface area contributed by atoms with E-state index in [1.165, 1.54) is 0 Å². The Morgan fingerprint density at radius 1 is 1.11 bits per heavy atom. The topological polar surface area (TPSA) is 71.0 Å². The number of hydrogen-bond donors (Lipinski definition) is 1. The lowest BCUT2D eigenvalue weighted by atomic mass is 9.95. The maximum absolute atomic E-state index is 12.6. The van der Waals surface area contributed by atoms with Crippen LogP contribution in [0.25, 0.3) is 0 Å². The Morgan fingerprint density at radius 3 is 2.36 bits per heavy atom. The minimum Gasteiger partial charge on any atom is -0.497 e. The third kappa shape index (κ3) is 5.19. The van der Waals surface area contributed by atoms with E-state index in [1.807, 2.05) is 24.3 Å². The van der Waals surface area contributed by atoms with Gasteiger partial charge in [0.25, 0.3) is 5.91 Å². The second-order valence-electron chi connectivity index (χ2n) is 6.58. The maximum atomic E-state index is 12.6. The van der Waals surface area contributed by atoms with Gasteiger partial charge in [-0.25, -0.2) is 5.43 Å². The summed E-state index contributed by atoms with van der Waals surface area (Å²) in [6, 6.07) is 14.7. The summed E-state index contributed by atoms with van der Waals surface area (Å²) in [5.74, 6) is 0.456. The van der Waals surface area contributed by atoms with Gasteiger partial charge < -0.3 is 9.64 Å². The lowest BCUT2D eigenvalue weighted by Crippen LogP contribution is -2.42. The van der Waals surface area contributed by atoms with Crippen LogP contribution in [0, 0.1) is 5.92 Å². The first kappa shape index (κ1) is 20.1. The van der Waals surface area contributed by atoms with Crippen LogP contribution in [0.15, 0.2) is 58.1 Å². The number of halogens is 1. The number of likely N-dealkylation sites (tertiary alicyclic amines) is 1. The van der Waals surface area contributed by atoms with E-state index >= 15 is 0 Å². The number of carbonyl (C=O) groups excluding carboxylic acids is 2. The molecule has 0 saturated carbocycles. The van der Waals surface area contributed by atoms with Gasteiger partial charge in [-0.1, -0.05) is 28.1 Å². The molecule has 146 valence electrons. The Kier molecular flexibility index (Phi) is 6.81. The molecule has 28 heavy (non-hydrogen) atoms. The number of ether oxygens (including phenoxy) is 1. The largest absolute Gasteiger partial charge is 0.497 e. The van der Waals surface area contributed by atoms with Crippen LogP contribution in [0.4, 0.5) is 0 Å². The molecule has 1 saturated heterocycles. The molecule has 0 radical (unpaired) electrons. The molecule has 0 atom stereocenters. The Bertz CT molecular complexity index is 842. The van der Waals surface area contributed by atoms with E-state index in [1.54, 1.807) is 42.5 Å². The number of amides is 2. The molecule has 1 N–H and O–H groups in total. The van der Waals surface area contributed by atoms with Crippen molar-refractivity contribution in [2.75, 3.05) is 20.2 Å². The SMILES string of the molecule is COc1ccc(C(=O)N2CCC(C(=O)N/N=C\c3ccc(Br)cc3)CC2)cc1. The summed E-state index contributed by atoms with van der Waals surface area (Å²) in [4.78, 5) is 26.7. The summed E-state index contributed by atoms with van der Waals surface area (Å²) >= 11 is 3.38. The average molecular weight is 444 g/mol. The zero-order chi connectivity index (χ0) is 19.9. The zero-order valence-corrected chi connectivity index (χ0v) is 17.2. The second-order valence-corrected chi connectivity index (χ2v) is 7.50. The van der Waals surface area contributed by atoms with Crippen LogP contribution in [0.3, 0.4) is 0 Å². The van der Waals surface area contributed by atoms with Crippen LogP contribution in [0.1, 0.15) is 28.8 Å². The van der Waals surface area contributed by atoms with Gasteiger partial charge in [-0.2, -0.15) is 5.10 Å². The number of nitrogens with zero attached hydrogens (tertiary/aromatic N) is 2. The number of methoxy groups -OCH3 is 1. The fraction of sp³-hybridized carbons (Fsp3) is 0.286. The van der Waals surface area contributed by atoms with Crippen molar-refractivity contribution in [3.63, 3.8) is 0 Å². The molecule has 2 amide bonds. The molecule has 1 fully saturated rings. The van der Waals surface area contributed by atoms with E-state index in [9.17, 15) is 9.59 Å². The first-order chi connectivity index (χ1) is 13.6. The van der Waals surface area contributed by atoms with Crippen molar-refractivity contribution in [3.8, 4) is 5.75 Å². The maximum Gasteiger partial charge on any atom is 0.253 e. The third-order valence-electron chi connectivity index (χ3n) is 4.75. The number of benzene rings is 2. The molecule has 0 bridgehead atoms. The van der Waals surface area contributed by atoms with E-state index < -0.39 is 0 Å². The van der Waals surface area contributed by atoms with Gasteiger partial charge >= 0.3 is 0 Å². The number of piperidine rings is 1. The highest BCUT2D eigenvalue weighted by Crippen LogP contribution is 2.20. The van der Waals surface area contributed by atoms with Gasteiger partial charge in [0.1, 0.15) is 5.75 Å². The minimum absolute atomic E-state index is 0.0187. The van der Waals surface area contributed by atoms with Crippen molar-refractivity contribution in [1.82, 2.24) is 10.3 Å². The highest BCUT2D eigenvalue weighted by molar-refractivity contribution is 9.10. The summed E-state index contributed by atoms with van der Waals surface area (Å²) in [6.07, 6.45) is 2.87. The van der Waals surface area contributed by atoms with E-state index in [0.29, 0.717) is 31.5 Å². The highest BCUT2D eigenvalue weighted by Gasteiger charge is 2.27. The summed E-state index contributed by atoms with van der Waals surface area (Å²) in [6.45, 7) is 1.11. The van der Waals surface area contributed by atoms with Gasteiger partial charge in [-0.3, -0.25) is 9.59 Å². The lowest BCUT2D eigenvalue weighted by molar-refractivity contribution is -0.126. The Balaban J connectivity index is 1.47.